The lowest BCUT2D eigenvalue weighted by molar-refractivity contribution is 0.0593. The predicted molar refractivity (Wildman–Crippen MR) is 128 cm³/mol. The summed E-state index contributed by atoms with van der Waals surface area (Å²) in [6.45, 7) is 3.85. The highest BCUT2D eigenvalue weighted by Crippen LogP contribution is 2.26. The largest absolute Gasteiger partial charge is 0.465 e. The number of hydrogen-bond donors (Lipinski definition) is 2. The molecule has 1 aromatic heterocycles. The Balaban J connectivity index is 0.000000233. The Kier molecular flexibility index (Phi) is 8.31. The van der Waals surface area contributed by atoms with Gasteiger partial charge in [-0.25, -0.2) is 9.59 Å². The number of halogens is 1. The third-order valence-electron chi connectivity index (χ3n) is 4.38. The number of benzene rings is 2. The maximum Gasteiger partial charge on any atom is 0.339 e. The van der Waals surface area contributed by atoms with Crippen molar-refractivity contribution in [2.75, 3.05) is 25.7 Å². The Morgan fingerprint density at radius 3 is 1.94 bits per heavy atom. The number of aromatic nitrogens is 2. The molecule has 4 N–H and O–H groups in total. The number of carbonyl (C=O) groups is 2. The molecule has 2 aromatic carbocycles. The first-order chi connectivity index (χ1) is 14.7. The quantitative estimate of drug-likeness (QED) is 0.295. The highest BCUT2D eigenvalue weighted by atomic mass is 127. The van der Waals surface area contributed by atoms with Crippen molar-refractivity contribution in [1.29, 1.82) is 0 Å². The molecule has 3 aromatic rings. The Hall–Kier alpha value is -3.21. The number of aryl methyl sites for hydroxylation is 2. The van der Waals surface area contributed by atoms with Crippen LogP contribution >= 0.6 is 22.6 Å². The van der Waals surface area contributed by atoms with Gasteiger partial charge in [-0.05, 0) is 71.8 Å². The number of nitrogens with two attached hydrogens (primary N) is 2. The molecule has 0 saturated heterocycles. The molecule has 0 spiro atoms. The molecular weight excluding hydrogens is 511 g/mol. The lowest BCUT2D eigenvalue weighted by Gasteiger charge is -2.10. The lowest BCUT2D eigenvalue weighted by Crippen LogP contribution is -2.06. The van der Waals surface area contributed by atoms with Crippen LogP contribution < -0.4 is 11.5 Å². The topological polar surface area (TPSA) is 130 Å². The average Bonchev–Trinajstić information content (AvgIpc) is 2.76. The molecule has 31 heavy (non-hydrogen) atoms. The van der Waals surface area contributed by atoms with Gasteiger partial charge in [0.1, 0.15) is 0 Å². The zero-order chi connectivity index (χ0) is 23.1. The van der Waals surface area contributed by atoms with Crippen molar-refractivity contribution in [3.63, 3.8) is 0 Å². The second-order valence-corrected chi connectivity index (χ2v) is 7.68. The maximum atomic E-state index is 11.6. The van der Waals surface area contributed by atoms with Crippen molar-refractivity contribution < 1.29 is 19.1 Å². The second kappa shape index (κ2) is 10.7. The van der Waals surface area contributed by atoms with E-state index in [1.165, 1.54) is 14.2 Å². The first kappa shape index (κ1) is 24.1. The van der Waals surface area contributed by atoms with Crippen LogP contribution in [0.4, 0.5) is 11.4 Å². The molecule has 0 fully saturated rings. The molecule has 1 heterocycles. The first-order valence-electron chi connectivity index (χ1n) is 9.08. The van der Waals surface area contributed by atoms with Crippen molar-refractivity contribution in [3.8, 4) is 11.3 Å². The van der Waals surface area contributed by atoms with Gasteiger partial charge < -0.3 is 20.9 Å². The van der Waals surface area contributed by atoms with Gasteiger partial charge in [-0.2, -0.15) is 0 Å². The van der Waals surface area contributed by atoms with Gasteiger partial charge in [0, 0.05) is 32.9 Å². The lowest BCUT2D eigenvalue weighted by atomic mass is 10.0. The molecule has 0 amide bonds. The van der Waals surface area contributed by atoms with Gasteiger partial charge in [0.05, 0.1) is 37.2 Å². The van der Waals surface area contributed by atoms with Crippen molar-refractivity contribution in [3.05, 3.63) is 68.7 Å². The van der Waals surface area contributed by atoms with Crippen LogP contribution in [0.15, 0.2) is 42.9 Å². The zero-order valence-corrected chi connectivity index (χ0v) is 19.8. The van der Waals surface area contributed by atoms with Gasteiger partial charge in [-0.1, -0.05) is 0 Å². The molecule has 162 valence electrons. The molecule has 0 saturated carbocycles. The fraction of sp³-hybridized carbons (Fsp3) is 0.182. The minimum Gasteiger partial charge on any atom is -0.465 e. The number of rotatable bonds is 3. The van der Waals surface area contributed by atoms with E-state index in [-0.39, 0.29) is 0 Å². The summed E-state index contributed by atoms with van der Waals surface area (Å²) in [7, 11) is 2.66. The van der Waals surface area contributed by atoms with E-state index in [4.69, 9.17) is 16.2 Å². The SMILES string of the molecule is COC(=O)c1cc(-c2cnccn2)c(C)cc1N.COC(=O)c1cc(I)c(C)cc1N. The number of nitrogens with zero attached hydrogens (tertiary/aromatic N) is 2. The van der Waals surface area contributed by atoms with E-state index in [0.717, 1.165) is 20.3 Å². The van der Waals surface area contributed by atoms with Crippen LogP contribution in [-0.4, -0.2) is 36.1 Å². The summed E-state index contributed by atoms with van der Waals surface area (Å²) in [5.41, 5.74) is 16.6. The number of ether oxygens (including phenoxy) is 2. The van der Waals surface area contributed by atoms with Crippen LogP contribution in [0.1, 0.15) is 31.8 Å². The number of methoxy groups -OCH3 is 2. The maximum absolute atomic E-state index is 11.6. The van der Waals surface area contributed by atoms with Gasteiger partial charge in [0.25, 0.3) is 0 Å². The van der Waals surface area contributed by atoms with Crippen LogP contribution in [0, 0.1) is 17.4 Å². The third-order valence-corrected chi connectivity index (χ3v) is 5.54. The smallest absolute Gasteiger partial charge is 0.339 e. The monoisotopic (exact) mass is 534 g/mol. The minimum atomic E-state index is -0.461. The summed E-state index contributed by atoms with van der Waals surface area (Å²) >= 11 is 2.15. The Labute approximate surface area is 194 Å². The van der Waals surface area contributed by atoms with Crippen LogP contribution in [0.25, 0.3) is 11.3 Å². The van der Waals surface area contributed by atoms with Crippen LogP contribution in [0.3, 0.4) is 0 Å². The average molecular weight is 534 g/mol. The highest BCUT2D eigenvalue weighted by Gasteiger charge is 2.14. The van der Waals surface area contributed by atoms with E-state index in [1.807, 2.05) is 13.8 Å². The van der Waals surface area contributed by atoms with E-state index in [9.17, 15) is 9.59 Å². The minimum absolute atomic E-state index is 0.337. The predicted octanol–water partition coefficient (Wildman–Crippen LogP) is 3.79. The number of anilines is 2. The molecule has 9 heteroatoms. The number of nitrogen functional groups attached to an aromatic ring is 2. The number of esters is 2. The van der Waals surface area contributed by atoms with Gasteiger partial charge >= 0.3 is 11.9 Å². The summed E-state index contributed by atoms with van der Waals surface area (Å²) in [6, 6.07) is 6.92. The third kappa shape index (κ3) is 5.91. The van der Waals surface area contributed by atoms with E-state index in [1.54, 1.807) is 42.9 Å². The van der Waals surface area contributed by atoms with Crippen molar-refractivity contribution in [2.24, 2.45) is 0 Å². The van der Waals surface area contributed by atoms with E-state index >= 15 is 0 Å². The van der Waals surface area contributed by atoms with Gasteiger partial charge in [0.2, 0.25) is 0 Å². The molecule has 0 aliphatic carbocycles. The molecular formula is C22H23IN4O4. The van der Waals surface area contributed by atoms with Crippen molar-refractivity contribution >= 4 is 45.9 Å². The van der Waals surface area contributed by atoms with Crippen LogP contribution in [-0.2, 0) is 9.47 Å². The molecule has 0 radical (unpaired) electrons. The van der Waals surface area contributed by atoms with E-state index < -0.39 is 11.9 Å². The van der Waals surface area contributed by atoms with Crippen LogP contribution in [0.2, 0.25) is 0 Å². The van der Waals surface area contributed by atoms with Gasteiger partial charge in [-0.15, -0.1) is 0 Å². The van der Waals surface area contributed by atoms with Crippen LogP contribution in [0.5, 0.6) is 0 Å². The fourth-order valence-electron chi connectivity index (χ4n) is 2.72. The summed E-state index contributed by atoms with van der Waals surface area (Å²) in [6.07, 6.45) is 4.83. The molecule has 0 aliphatic heterocycles. The number of carbonyl (C=O) groups excluding carboxylic acids is 2. The second-order valence-electron chi connectivity index (χ2n) is 6.52. The highest BCUT2D eigenvalue weighted by molar-refractivity contribution is 14.1. The zero-order valence-electron chi connectivity index (χ0n) is 17.6. The summed E-state index contributed by atoms with van der Waals surface area (Å²) in [4.78, 5) is 31.0. The Morgan fingerprint density at radius 2 is 1.42 bits per heavy atom. The van der Waals surface area contributed by atoms with E-state index in [0.29, 0.717) is 28.2 Å². The first-order valence-corrected chi connectivity index (χ1v) is 10.2. The molecule has 0 atom stereocenters. The van der Waals surface area contributed by atoms with Crippen molar-refractivity contribution in [2.45, 2.75) is 13.8 Å². The Morgan fingerprint density at radius 1 is 0.871 bits per heavy atom. The molecule has 0 bridgehead atoms. The fourth-order valence-corrected chi connectivity index (χ4v) is 3.19. The molecule has 0 unspecified atom stereocenters. The molecule has 3 rings (SSSR count). The Bertz CT molecular complexity index is 1100. The summed E-state index contributed by atoms with van der Waals surface area (Å²) in [5.74, 6) is -0.854. The van der Waals surface area contributed by atoms with Gasteiger partial charge in [0.15, 0.2) is 0 Å². The summed E-state index contributed by atoms with van der Waals surface area (Å²) < 4.78 is 10.3. The standard InChI is InChI=1S/C13H13N3O2.C9H10INO2/c1-8-5-11(14)10(13(17)18-2)6-9(8)12-7-15-3-4-16-12;1-5-3-8(11)6(4-7(5)10)9(12)13-2/h3-7H,14H2,1-2H3;3-4H,11H2,1-2H3. The molecule has 8 nitrogen and oxygen atoms in total. The summed E-state index contributed by atoms with van der Waals surface area (Å²) in [5, 5.41) is 0. The molecule has 0 aliphatic rings. The number of hydrogen-bond acceptors (Lipinski definition) is 8. The van der Waals surface area contributed by atoms with Crippen molar-refractivity contribution in [1.82, 2.24) is 9.97 Å². The van der Waals surface area contributed by atoms with Gasteiger partial charge in [-0.3, -0.25) is 9.97 Å². The normalized spacial score (nSPS) is 9.97. The van der Waals surface area contributed by atoms with E-state index in [2.05, 4.69) is 37.3 Å².